The maximum Gasteiger partial charge on any atom is 0.322 e. The van der Waals surface area contributed by atoms with Crippen LogP contribution in [0.25, 0.3) is 11.0 Å². The Balaban J connectivity index is 1.09. The molecule has 0 unspecified atom stereocenters. The number of piperidine rings is 1. The van der Waals surface area contributed by atoms with Gasteiger partial charge in [0.25, 0.3) is 0 Å². The number of hydrogen-bond acceptors (Lipinski definition) is 4. The van der Waals surface area contributed by atoms with Gasteiger partial charge in [-0.15, -0.1) is 0 Å². The predicted octanol–water partition coefficient (Wildman–Crippen LogP) is 6.41. The third-order valence-corrected chi connectivity index (χ3v) is 10.5. The van der Waals surface area contributed by atoms with E-state index in [-0.39, 0.29) is 24.1 Å². The molecule has 1 saturated heterocycles. The number of aromatic nitrogens is 2. The molecule has 0 bridgehead atoms. The van der Waals surface area contributed by atoms with E-state index < -0.39 is 0 Å². The van der Waals surface area contributed by atoms with Gasteiger partial charge in [0.1, 0.15) is 5.82 Å². The zero-order valence-corrected chi connectivity index (χ0v) is 28.5. The second-order valence-corrected chi connectivity index (χ2v) is 14.0. The highest BCUT2D eigenvalue weighted by Gasteiger charge is 2.33. The zero-order chi connectivity index (χ0) is 33.0. The van der Waals surface area contributed by atoms with E-state index in [4.69, 9.17) is 4.98 Å². The quantitative estimate of drug-likeness (QED) is 0.220. The Morgan fingerprint density at radius 1 is 0.938 bits per heavy atom. The Labute approximate surface area is 284 Å². The molecule has 2 aliphatic heterocycles. The number of imidazole rings is 1. The molecule has 1 atom stereocenters. The molecular formula is C39H49N7O2. The molecule has 9 heteroatoms. The minimum absolute atomic E-state index is 0.0406. The number of anilines is 1. The highest BCUT2D eigenvalue weighted by Crippen LogP contribution is 2.29. The van der Waals surface area contributed by atoms with Gasteiger partial charge in [0.15, 0.2) is 0 Å². The number of fused-ring (bicyclic) bond motifs is 3. The van der Waals surface area contributed by atoms with Crippen LogP contribution in [0.4, 0.5) is 15.3 Å². The van der Waals surface area contributed by atoms with E-state index in [9.17, 15) is 9.59 Å². The van der Waals surface area contributed by atoms with E-state index in [0.717, 1.165) is 74.2 Å². The third kappa shape index (κ3) is 7.06. The molecule has 3 aliphatic rings. The second-order valence-electron chi connectivity index (χ2n) is 14.0. The Morgan fingerprint density at radius 2 is 1.71 bits per heavy atom. The Hall–Kier alpha value is -4.37. The van der Waals surface area contributed by atoms with Gasteiger partial charge in [-0.05, 0) is 119 Å². The van der Waals surface area contributed by atoms with Crippen LogP contribution in [0.15, 0.2) is 66.7 Å². The van der Waals surface area contributed by atoms with Gasteiger partial charge < -0.3 is 29.9 Å². The molecule has 1 aromatic heterocycles. The molecule has 2 N–H and O–H groups in total. The van der Waals surface area contributed by atoms with E-state index in [2.05, 4.69) is 76.7 Å². The summed E-state index contributed by atoms with van der Waals surface area (Å²) in [7, 11) is 4.21. The summed E-state index contributed by atoms with van der Waals surface area (Å²) in [4.78, 5) is 38.5. The monoisotopic (exact) mass is 647 g/mol. The summed E-state index contributed by atoms with van der Waals surface area (Å²) in [6, 6.07) is 23.0. The molecule has 4 aromatic rings. The fourth-order valence-electron chi connectivity index (χ4n) is 7.86. The van der Waals surface area contributed by atoms with Crippen LogP contribution in [0.5, 0.6) is 0 Å². The van der Waals surface area contributed by atoms with Crippen molar-refractivity contribution < 1.29 is 9.59 Å². The first-order chi connectivity index (χ1) is 23.4. The van der Waals surface area contributed by atoms with Gasteiger partial charge in [-0.1, -0.05) is 48.5 Å². The van der Waals surface area contributed by atoms with Gasteiger partial charge in [0.05, 0.1) is 17.1 Å². The van der Waals surface area contributed by atoms with Gasteiger partial charge in [0.2, 0.25) is 0 Å². The first-order valence-electron chi connectivity index (χ1n) is 17.8. The van der Waals surface area contributed by atoms with E-state index in [1.807, 2.05) is 34.1 Å². The number of nitrogens with zero attached hydrogens (tertiary/aromatic N) is 5. The minimum Gasteiger partial charge on any atom is -0.328 e. The number of urea groups is 2. The summed E-state index contributed by atoms with van der Waals surface area (Å²) in [6.45, 7) is 3.71. The van der Waals surface area contributed by atoms with E-state index in [0.29, 0.717) is 26.1 Å². The van der Waals surface area contributed by atoms with Crippen molar-refractivity contribution in [3.8, 4) is 0 Å². The van der Waals surface area contributed by atoms with Crippen LogP contribution in [0.3, 0.4) is 0 Å². The topological polar surface area (TPSA) is 85.7 Å². The van der Waals surface area contributed by atoms with Crippen LogP contribution in [-0.4, -0.2) is 82.6 Å². The number of nitrogens with one attached hydrogen (secondary N) is 2. The zero-order valence-electron chi connectivity index (χ0n) is 28.5. The third-order valence-electron chi connectivity index (χ3n) is 10.5. The van der Waals surface area contributed by atoms with Crippen molar-refractivity contribution >= 4 is 28.8 Å². The summed E-state index contributed by atoms with van der Waals surface area (Å²) in [5.74, 6) is 0.914. The number of carbonyl (C=O) groups excluding carboxylic acids is 2. The number of likely N-dealkylation sites (tertiary alicyclic amines) is 1. The summed E-state index contributed by atoms with van der Waals surface area (Å²) in [5, 5.41) is 6.57. The molecule has 1 fully saturated rings. The van der Waals surface area contributed by atoms with Gasteiger partial charge >= 0.3 is 12.1 Å². The number of benzene rings is 3. The molecule has 252 valence electrons. The largest absolute Gasteiger partial charge is 0.328 e. The number of para-hydroxylation sites is 3. The number of aryl methyl sites for hydroxylation is 3. The van der Waals surface area contributed by atoms with Crippen molar-refractivity contribution in [2.24, 2.45) is 0 Å². The molecule has 3 aromatic carbocycles. The van der Waals surface area contributed by atoms with Crippen molar-refractivity contribution in [2.45, 2.75) is 76.4 Å². The Bertz CT molecular complexity index is 1760. The van der Waals surface area contributed by atoms with Crippen molar-refractivity contribution in [2.75, 3.05) is 45.6 Å². The smallest absolute Gasteiger partial charge is 0.322 e. The predicted molar refractivity (Wildman–Crippen MR) is 191 cm³/mol. The van der Waals surface area contributed by atoms with Crippen molar-refractivity contribution in [1.82, 2.24) is 29.6 Å². The number of carbonyl (C=O) groups is 2. The molecule has 9 nitrogen and oxygen atoms in total. The summed E-state index contributed by atoms with van der Waals surface area (Å²) < 4.78 is 2.32. The maximum absolute atomic E-state index is 14.1. The first-order valence-corrected chi connectivity index (χ1v) is 17.8. The minimum atomic E-state index is -0.279. The number of amides is 4. The van der Waals surface area contributed by atoms with Crippen LogP contribution in [0, 0.1) is 0 Å². The summed E-state index contributed by atoms with van der Waals surface area (Å²) in [5.41, 5.74) is 8.29. The average Bonchev–Trinajstić information content (AvgIpc) is 3.37. The molecule has 3 heterocycles. The SMILES string of the molecule is CN(C)CCCn1c([C@@H](Cc2ccc3c(c2)CCCC3)NC(=O)N2CCC(N3CCc4ccccc4NC3=O)CC2)nc2ccccc21. The lowest BCUT2D eigenvalue weighted by molar-refractivity contribution is 0.133. The van der Waals surface area contributed by atoms with Crippen LogP contribution in [0.2, 0.25) is 0 Å². The number of hydrogen-bond donors (Lipinski definition) is 2. The second kappa shape index (κ2) is 14.4. The highest BCUT2D eigenvalue weighted by molar-refractivity contribution is 5.91. The van der Waals surface area contributed by atoms with E-state index in [1.54, 1.807) is 0 Å². The molecule has 4 amide bonds. The summed E-state index contributed by atoms with van der Waals surface area (Å²) >= 11 is 0. The van der Waals surface area contributed by atoms with Crippen molar-refractivity contribution in [3.05, 3.63) is 94.8 Å². The number of rotatable bonds is 9. The highest BCUT2D eigenvalue weighted by atomic mass is 16.2. The molecule has 0 saturated carbocycles. The van der Waals surface area contributed by atoms with E-state index in [1.165, 1.54) is 35.1 Å². The first kappa shape index (κ1) is 32.2. The fourth-order valence-corrected chi connectivity index (χ4v) is 7.86. The van der Waals surface area contributed by atoms with Crippen molar-refractivity contribution in [1.29, 1.82) is 0 Å². The lowest BCUT2D eigenvalue weighted by atomic mass is 9.89. The van der Waals surface area contributed by atoms with Crippen molar-refractivity contribution in [3.63, 3.8) is 0 Å². The standard InChI is InChI=1S/C39H49N7O2/c1-43(2)21-9-22-46-36-15-8-7-14-34(36)40-37(46)35(27-28-16-17-29-10-3-4-12-31(29)26-28)42-38(47)44-23-19-32(20-24-44)45-25-18-30-11-5-6-13-33(30)41-39(45)48/h5-8,11,13-17,26,32,35H,3-4,9-10,12,18-25,27H2,1-2H3,(H,41,48)(H,42,47)/t35-/m1/s1. The average molecular weight is 648 g/mol. The lowest BCUT2D eigenvalue weighted by Gasteiger charge is -2.38. The molecule has 0 radical (unpaired) electrons. The molecule has 1 aliphatic carbocycles. The summed E-state index contributed by atoms with van der Waals surface area (Å²) in [6.07, 6.45) is 8.79. The molecule has 0 spiro atoms. The Kier molecular flexibility index (Phi) is 9.66. The van der Waals surface area contributed by atoms with Crippen LogP contribution in [-0.2, 0) is 32.2 Å². The van der Waals surface area contributed by atoms with Gasteiger partial charge in [0, 0.05) is 37.9 Å². The molecule has 48 heavy (non-hydrogen) atoms. The van der Waals surface area contributed by atoms with Gasteiger partial charge in [-0.25, -0.2) is 14.6 Å². The maximum atomic E-state index is 14.1. The Morgan fingerprint density at radius 3 is 2.54 bits per heavy atom. The van der Waals surface area contributed by atoms with Gasteiger partial charge in [-0.2, -0.15) is 0 Å². The fraction of sp³-hybridized carbons (Fsp3) is 0.462. The molecular weight excluding hydrogens is 598 g/mol. The molecule has 7 rings (SSSR count). The van der Waals surface area contributed by atoms with E-state index >= 15 is 0 Å². The lowest BCUT2D eigenvalue weighted by Crippen LogP contribution is -2.52. The van der Waals surface area contributed by atoms with Gasteiger partial charge in [-0.3, -0.25) is 0 Å². The van der Waals surface area contributed by atoms with Crippen LogP contribution < -0.4 is 10.6 Å². The normalized spacial score (nSPS) is 17.5. The van der Waals surface area contributed by atoms with Crippen LogP contribution >= 0.6 is 0 Å². The van der Waals surface area contributed by atoms with Crippen LogP contribution in [0.1, 0.15) is 66.2 Å².